The molecule has 2 fully saturated rings. The van der Waals surface area contributed by atoms with Crippen LogP contribution in [0.5, 0.6) is 0 Å². The zero-order valence-corrected chi connectivity index (χ0v) is 17.8. The molecule has 0 spiro atoms. The molecule has 1 aliphatic heterocycles. The van der Waals surface area contributed by atoms with Crippen molar-refractivity contribution in [2.24, 2.45) is 4.99 Å². The van der Waals surface area contributed by atoms with Crippen LogP contribution in [-0.4, -0.2) is 33.2 Å². The monoisotopic (exact) mass is 407 g/mol. The Kier molecular flexibility index (Phi) is 5.46. The first-order valence-corrected chi connectivity index (χ1v) is 10.8. The Balaban J connectivity index is 1.49. The molecule has 0 bridgehead atoms. The number of hydrogen-bond donors (Lipinski definition) is 1. The molecule has 29 heavy (non-hydrogen) atoms. The lowest BCUT2D eigenvalue weighted by Gasteiger charge is -2.15. The molecular formula is C23H25N3O2S. The van der Waals surface area contributed by atoms with Gasteiger partial charge in [0.2, 0.25) is 11.8 Å². The third-order valence-corrected chi connectivity index (χ3v) is 6.33. The number of aliphatic imine (C=N–C) groups is 1. The van der Waals surface area contributed by atoms with Crippen LogP contribution < -0.4 is 5.32 Å². The number of amides is 2. The summed E-state index contributed by atoms with van der Waals surface area (Å²) in [6.45, 7) is 5.99. The Hall–Kier alpha value is -2.60. The molecule has 150 valence electrons. The highest BCUT2D eigenvalue weighted by Gasteiger charge is 2.46. The van der Waals surface area contributed by atoms with Crippen molar-refractivity contribution in [2.45, 2.75) is 51.3 Å². The fraction of sp³-hybridized carbons (Fsp3) is 0.348. The second kappa shape index (κ2) is 8.03. The van der Waals surface area contributed by atoms with E-state index in [0.29, 0.717) is 5.17 Å². The summed E-state index contributed by atoms with van der Waals surface area (Å²) in [5, 5.41) is 3.25. The summed E-state index contributed by atoms with van der Waals surface area (Å²) >= 11 is 1.41. The first kappa shape index (κ1) is 19.7. The number of rotatable bonds is 5. The maximum Gasteiger partial charge on any atom is 0.242 e. The van der Waals surface area contributed by atoms with Crippen LogP contribution in [0.2, 0.25) is 0 Å². The summed E-state index contributed by atoms with van der Waals surface area (Å²) in [7, 11) is 0. The van der Waals surface area contributed by atoms with Gasteiger partial charge in [-0.2, -0.15) is 0 Å². The van der Waals surface area contributed by atoms with E-state index in [-0.39, 0.29) is 24.3 Å². The van der Waals surface area contributed by atoms with Gasteiger partial charge in [0.1, 0.15) is 5.25 Å². The lowest BCUT2D eigenvalue weighted by molar-refractivity contribution is -0.128. The molecule has 2 aromatic carbocycles. The first-order valence-electron chi connectivity index (χ1n) is 9.93. The van der Waals surface area contributed by atoms with Crippen LogP contribution in [0.15, 0.2) is 47.5 Å². The highest BCUT2D eigenvalue weighted by Crippen LogP contribution is 2.39. The van der Waals surface area contributed by atoms with E-state index in [1.165, 1.54) is 17.3 Å². The third kappa shape index (κ3) is 4.53. The van der Waals surface area contributed by atoms with Crippen molar-refractivity contribution in [1.82, 2.24) is 4.90 Å². The molecule has 1 atom stereocenters. The summed E-state index contributed by atoms with van der Waals surface area (Å²) in [6, 6.07) is 14.1. The molecule has 1 saturated heterocycles. The molecule has 2 aromatic rings. The van der Waals surface area contributed by atoms with Gasteiger partial charge < -0.3 is 5.32 Å². The molecule has 1 heterocycles. The second-order valence-corrected chi connectivity index (χ2v) is 9.02. The van der Waals surface area contributed by atoms with Crippen LogP contribution in [0.3, 0.4) is 0 Å². The van der Waals surface area contributed by atoms with Crippen molar-refractivity contribution >= 4 is 40.1 Å². The Morgan fingerprint density at radius 2 is 1.79 bits per heavy atom. The number of carbonyl (C=O) groups excluding carboxylic acids is 2. The minimum Gasteiger partial charge on any atom is -0.326 e. The minimum atomic E-state index is -0.426. The van der Waals surface area contributed by atoms with E-state index in [1.54, 1.807) is 4.90 Å². The maximum atomic E-state index is 13.0. The van der Waals surface area contributed by atoms with Crippen LogP contribution in [0.25, 0.3) is 0 Å². The average molecular weight is 408 g/mol. The smallest absolute Gasteiger partial charge is 0.242 e. The predicted molar refractivity (Wildman–Crippen MR) is 119 cm³/mol. The molecule has 0 aromatic heterocycles. The van der Waals surface area contributed by atoms with Gasteiger partial charge in [0.25, 0.3) is 0 Å². The van der Waals surface area contributed by atoms with E-state index in [4.69, 9.17) is 4.99 Å². The Morgan fingerprint density at radius 1 is 1.10 bits per heavy atom. The summed E-state index contributed by atoms with van der Waals surface area (Å²) in [5.74, 6) is -0.142. The topological polar surface area (TPSA) is 61.8 Å². The van der Waals surface area contributed by atoms with Crippen molar-refractivity contribution in [3.63, 3.8) is 0 Å². The van der Waals surface area contributed by atoms with Gasteiger partial charge in [-0.05, 0) is 62.9 Å². The number of benzene rings is 2. The van der Waals surface area contributed by atoms with Crippen molar-refractivity contribution in [1.29, 1.82) is 0 Å². The molecule has 2 amide bonds. The SMILES string of the molecule is Cc1ccc(N=C2S[C@H](CC(=O)Nc3cc(C)ccc3C)C(=O)N2C2CC2)cc1. The van der Waals surface area contributed by atoms with Gasteiger partial charge in [-0.3, -0.25) is 14.5 Å². The van der Waals surface area contributed by atoms with Gasteiger partial charge in [0.05, 0.1) is 5.69 Å². The zero-order valence-electron chi connectivity index (χ0n) is 16.9. The molecular weight excluding hydrogens is 382 g/mol. The van der Waals surface area contributed by atoms with E-state index in [1.807, 2.05) is 63.2 Å². The standard InChI is InChI=1S/C23H25N3O2S/c1-14-5-8-17(9-6-14)24-23-26(18-10-11-18)22(28)20(29-23)13-21(27)25-19-12-15(2)4-7-16(19)3/h4-9,12,18,20H,10-11,13H2,1-3H3,(H,25,27)/t20-/m1/s1. The molecule has 4 rings (SSSR count). The summed E-state index contributed by atoms with van der Waals surface area (Å²) in [6.07, 6.45) is 2.15. The van der Waals surface area contributed by atoms with Crippen molar-refractivity contribution in [3.8, 4) is 0 Å². The maximum absolute atomic E-state index is 13.0. The van der Waals surface area contributed by atoms with E-state index in [2.05, 4.69) is 5.32 Å². The molecule has 1 aliphatic carbocycles. The van der Waals surface area contributed by atoms with Gasteiger partial charge in [-0.25, -0.2) is 4.99 Å². The van der Waals surface area contributed by atoms with Crippen LogP contribution in [0.4, 0.5) is 11.4 Å². The fourth-order valence-electron chi connectivity index (χ4n) is 3.33. The minimum absolute atomic E-state index is 0.000485. The van der Waals surface area contributed by atoms with Gasteiger partial charge in [-0.15, -0.1) is 0 Å². The molecule has 5 nitrogen and oxygen atoms in total. The van der Waals surface area contributed by atoms with Gasteiger partial charge in [-0.1, -0.05) is 41.6 Å². The predicted octanol–water partition coefficient (Wildman–Crippen LogP) is 4.73. The lowest BCUT2D eigenvalue weighted by Crippen LogP contribution is -2.35. The summed E-state index contributed by atoms with van der Waals surface area (Å²) < 4.78 is 0. The Bertz CT molecular complexity index is 980. The normalized spacial score (nSPS) is 20.4. The number of anilines is 1. The quantitative estimate of drug-likeness (QED) is 0.779. The largest absolute Gasteiger partial charge is 0.326 e. The number of aryl methyl sites for hydroxylation is 3. The number of thioether (sulfide) groups is 1. The van der Waals surface area contributed by atoms with Crippen LogP contribution in [-0.2, 0) is 9.59 Å². The zero-order chi connectivity index (χ0) is 20.5. The van der Waals surface area contributed by atoms with Crippen molar-refractivity contribution in [2.75, 3.05) is 5.32 Å². The van der Waals surface area contributed by atoms with Gasteiger partial charge in [0.15, 0.2) is 5.17 Å². The summed E-state index contributed by atoms with van der Waals surface area (Å²) in [4.78, 5) is 32.2. The van der Waals surface area contributed by atoms with Crippen LogP contribution in [0, 0.1) is 20.8 Å². The van der Waals surface area contributed by atoms with Crippen molar-refractivity contribution in [3.05, 3.63) is 59.2 Å². The molecule has 2 aliphatic rings. The number of nitrogens with zero attached hydrogens (tertiary/aromatic N) is 2. The fourth-order valence-corrected chi connectivity index (χ4v) is 4.55. The van der Waals surface area contributed by atoms with E-state index >= 15 is 0 Å². The number of hydrogen-bond acceptors (Lipinski definition) is 4. The second-order valence-electron chi connectivity index (χ2n) is 7.85. The van der Waals surface area contributed by atoms with Crippen LogP contribution in [0.1, 0.15) is 36.0 Å². The average Bonchev–Trinajstić information content (AvgIpc) is 3.46. The Labute approximate surface area is 175 Å². The van der Waals surface area contributed by atoms with E-state index in [0.717, 1.165) is 35.3 Å². The number of amidine groups is 1. The number of nitrogens with one attached hydrogen (secondary N) is 1. The number of carbonyl (C=O) groups is 2. The summed E-state index contributed by atoms with van der Waals surface area (Å²) in [5.41, 5.74) is 4.90. The van der Waals surface area contributed by atoms with Gasteiger partial charge >= 0.3 is 0 Å². The highest BCUT2D eigenvalue weighted by molar-refractivity contribution is 8.15. The molecule has 1 saturated carbocycles. The molecule has 0 radical (unpaired) electrons. The van der Waals surface area contributed by atoms with E-state index < -0.39 is 5.25 Å². The molecule has 6 heteroatoms. The van der Waals surface area contributed by atoms with Crippen molar-refractivity contribution < 1.29 is 9.59 Å². The third-order valence-electron chi connectivity index (χ3n) is 5.18. The highest BCUT2D eigenvalue weighted by atomic mass is 32.2. The van der Waals surface area contributed by atoms with Gasteiger partial charge in [0, 0.05) is 18.2 Å². The van der Waals surface area contributed by atoms with Crippen LogP contribution >= 0.6 is 11.8 Å². The molecule has 1 N–H and O–H groups in total. The Morgan fingerprint density at radius 3 is 2.48 bits per heavy atom. The van der Waals surface area contributed by atoms with E-state index in [9.17, 15) is 9.59 Å². The molecule has 0 unspecified atom stereocenters. The lowest BCUT2D eigenvalue weighted by atomic mass is 10.1. The first-order chi connectivity index (χ1) is 13.9.